The molecular weight excluding hydrogens is 344 g/mol. The molecule has 7 heteroatoms. The molecule has 2 aromatic rings. The minimum absolute atomic E-state index is 0.122. The molecule has 0 saturated carbocycles. The number of rotatable bonds is 3. The van der Waals surface area contributed by atoms with E-state index in [1.54, 1.807) is 30.3 Å². The second-order valence-electron chi connectivity index (χ2n) is 4.01. The van der Waals surface area contributed by atoms with Gasteiger partial charge >= 0.3 is 0 Å². The molecule has 0 saturated heterocycles. The van der Waals surface area contributed by atoms with Crippen LogP contribution in [0.15, 0.2) is 57.9 Å². The minimum Gasteiger partial charge on any atom is -0.321 e. The zero-order valence-electron chi connectivity index (χ0n) is 10.2. The van der Waals surface area contributed by atoms with Gasteiger partial charge in [-0.3, -0.25) is 4.79 Å². The maximum atomic E-state index is 12.1. The first-order chi connectivity index (χ1) is 9.38. The highest BCUT2D eigenvalue weighted by atomic mass is 79.9. The second kappa shape index (κ2) is 5.74. The van der Waals surface area contributed by atoms with Gasteiger partial charge < -0.3 is 5.32 Å². The monoisotopic (exact) mass is 354 g/mol. The molecule has 1 amide bonds. The predicted octanol–water partition coefficient (Wildman–Crippen LogP) is 2.35. The van der Waals surface area contributed by atoms with Gasteiger partial charge in [-0.05, 0) is 30.3 Å². The van der Waals surface area contributed by atoms with Crippen LogP contribution in [-0.4, -0.2) is 14.3 Å². The van der Waals surface area contributed by atoms with E-state index in [2.05, 4.69) is 21.2 Å². The van der Waals surface area contributed by atoms with Gasteiger partial charge in [-0.15, -0.1) is 0 Å². The number of hydrogen-bond donors (Lipinski definition) is 2. The van der Waals surface area contributed by atoms with Crippen LogP contribution in [-0.2, 0) is 10.0 Å². The number of amides is 1. The number of anilines is 1. The van der Waals surface area contributed by atoms with Crippen LogP contribution in [0.4, 0.5) is 5.69 Å². The molecule has 0 aliphatic carbocycles. The Morgan fingerprint density at radius 3 is 2.45 bits per heavy atom. The highest BCUT2D eigenvalue weighted by molar-refractivity contribution is 9.10. The summed E-state index contributed by atoms with van der Waals surface area (Å²) in [6.45, 7) is 0. The maximum Gasteiger partial charge on any atom is 0.255 e. The van der Waals surface area contributed by atoms with Crippen molar-refractivity contribution in [3.05, 3.63) is 58.6 Å². The highest BCUT2D eigenvalue weighted by Crippen LogP contribution is 2.20. The quantitative estimate of drug-likeness (QED) is 0.886. The van der Waals surface area contributed by atoms with Crippen LogP contribution >= 0.6 is 15.9 Å². The number of hydrogen-bond acceptors (Lipinski definition) is 3. The van der Waals surface area contributed by atoms with Crippen LogP contribution in [0, 0.1) is 0 Å². The Bertz CT molecular complexity index is 760. The van der Waals surface area contributed by atoms with Gasteiger partial charge in [-0.1, -0.05) is 34.1 Å². The zero-order chi connectivity index (χ0) is 14.8. The first-order valence-corrected chi connectivity index (χ1v) is 7.90. The minimum atomic E-state index is -3.89. The maximum absolute atomic E-state index is 12.1. The molecule has 2 aromatic carbocycles. The lowest BCUT2D eigenvalue weighted by atomic mass is 10.2. The molecule has 0 atom stereocenters. The molecule has 0 spiro atoms. The lowest BCUT2D eigenvalue weighted by Crippen LogP contribution is -2.18. The SMILES string of the molecule is NS(=O)(=O)c1ccccc1NC(=O)c1cccc(Br)c1. The van der Waals surface area contributed by atoms with Gasteiger partial charge in [0.05, 0.1) is 5.69 Å². The Hall–Kier alpha value is -1.70. The van der Waals surface area contributed by atoms with Crippen LogP contribution in [0.5, 0.6) is 0 Å². The number of carbonyl (C=O) groups is 1. The van der Waals surface area contributed by atoms with Gasteiger partial charge in [-0.25, -0.2) is 13.6 Å². The van der Waals surface area contributed by atoms with Gasteiger partial charge in [0.15, 0.2) is 0 Å². The molecule has 0 radical (unpaired) electrons. The molecule has 0 unspecified atom stereocenters. The molecule has 2 rings (SSSR count). The smallest absolute Gasteiger partial charge is 0.255 e. The van der Waals surface area contributed by atoms with Crippen molar-refractivity contribution in [2.75, 3.05) is 5.32 Å². The third-order valence-corrected chi connectivity index (χ3v) is 3.99. The molecule has 0 aliphatic rings. The number of nitrogens with two attached hydrogens (primary N) is 1. The van der Waals surface area contributed by atoms with Crippen molar-refractivity contribution in [2.24, 2.45) is 5.14 Å². The van der Waals surface area contributed by atoms with Crippen molar-refractivity contribution in [3.63, 3.8) is 0 Å². The number of sulfonamides is 1. The summed E-state index contributed by atoms with van der Waals surface area (Å²) in [5.74, 6) is -0.414. The third-order valence-electron chi connectivity index (χ3n) is 2.53. The summed E-state index contributed by atoms with van der Waals surface area (Å²) in [5.41, 5.74) is 0.559. The summed E-state index contributed by atoms with van der Waals surface area (Å²) in [4.78, 5) is 12.0. The van der Waals surface area contributed by atoms with E-state index in [1.807, 2.05) is 0 Å². The Balaban J connectivity index is 2.34. The van der Waals surface area contributed by atoms with Crippen LogP contribution < -0.4 is 10.5 Å². The van der Waals surface area contributed by atoms with Crippen LogP contribution in [0.3, 0.4) is 0 Å². The van der Waals surface area contributed by atoms with E-state index >= 15 is 0 Å². The number of nitrogens with one attached hydrogen (secondary N) is 1. The number of para-hydroxylation sites is 1. The van der Waals surface area contributed by atoms with Crippen molar-refractivity contribution < 1.29 is 13.2 Å². The Labute approximate surface area is 125 Å². The Morgan fingerprint density at radius 2 is 1.80 bits per heavy atom. The fourth-order valence-corrected chi connectivity index (χ4v) is 2.74. The van der Waals surface area contributed by atoms with Crippen LogP contribution in [0.1, 0.15) is 10.4 Å². The highest BCUT2D eigenvalue weighted by Gasteiger charge is 2.15. The summed E-state index contributed by atoms with van der Waals surface area (Å²) in [5, 5.41) is 7.65. The van der Waals surface area contributed by atoms with E-state index in [1.165, 1.54) is 18.2 Å². The fourth-order valence-electron chi connectivity index (χ4n) is 1.64. The van der Waals surface area contributed by atoms with Crippen molar-refractivity contribution in [2.45, 2.75) is 4.90 Å². The van der Waals surface area contributed by atoms with Crippen molar-refractivity contribution >= 4 is 37.5 Å². The van der Waals surface area contributed by atoms with Gasteiger partial charge in [0.1, 0.15) is 4.90 Å². The summed E-state index contributed by atoms with van der Waals surface area (Å²) in [7, 11) is -3.89. The van der Waals surface area contributed by atoms with E-state index < -0.39 is 15.9 Å². The summed E-state index contributed by atoms with van der Waals surface area (Å²) >= 11 is 3.27. The van der Waals surface area contributed by atoms with E-state index in [0.717, 1.165) is 4.47 Å². The Kier molecular flexibility index (Phi) is 4.22. The van der Waals surface area contributed by atoms with Crippen molar-refractivity contribution in [1.82, 2.24) is 0 Å². The van der Waals surface area contributed by atoms with Gasteiger partial charge in [-0.2, -0.15) is 0 Å². The molecule has 3 N–H and O–H groups in total. The molecule has 0 heterocycles. The zero-order valence-corrected chi connectivity index (χ0v) is 12.6. The van der Waals surface area contributed by atoms with Crippen LogP contribution in [0.25, 0.3) is 0 Å². The molecular formula is C13H11BrN2O3S. The van der Waals surface area contributed by atoms with Crippen molar-refractivity contribution in [3.8, 4) is 0 Å². The summed E-state index contributed by atoms with van der Waals surface area (Å²) in [6.07, 6.45) is 0. The molecule has 0 bridgehead atoms. The molecule has 104 valence electrons. The lowest BCUT2D eigenvalue weighted by Gasteiger charge is -2.09. The Morgan fingerprint density at radius 1 is 1.10 bits per heavy atom. The average Bonchev–Trinajstić information content (AvgIpc) is 2.38. The summed E-state index contributed by atoms with van der Waals surface area (Å²) < 4.78 is 23.6. The van der Waals surface area contributed by atoms with E-state index in [4.69, 9.17) is 5.14 Å². The second-order valence-corrected chi connectivity index (χ2v) is 6.45. The lowest BCUT2D eigenvalue weighted by molar-refractivity contribution is 0.102. The van der Waals surface area contributed by atoms with Crippen LogP contribution in [0.2, 0.25) is 0 Å². The molecule has 0 fully saturated rings. The normalized spacial score (nSPS) is 11.1. The molecule has 0 aromatic heterocycles. The first-order valence-electron chi connectivity index (χ1n) is 5.56. The number of carbonyl (C=O) groups excluding carboxylic acids is 1. The number of benzene rings is 2. The van der Waals surface area contributed by atoms with Crippen molar-refractivity contribution in [1.29, 1.82) is 0 Å². The largest absolute Gasteiger partial charge is 0.321 e. The fraction of sp³-hybridized carbons (Fsp3) is 0. The first kappa shape index (κ1) is 14.7. The number of primary sulfonamides is 1. The summed E-state index contributed by atoms with van der Waals surface area (Å²) in [6, 6.07) is 12.7. The van der Waals surface area contributed by atoms with Gasteiger partial charge in [0.2, 0.25) is 10.0 Å². The standard InChI is InChI=1S/C13H11BrN2O3S/c14-10-5-3-4-9(8-10)13(17)16-11-6-1-2-7-12(11)20(15,18)19/h1-8H,(H,16,17)(H2,15,18,19). The van der Waals surface area contributed by atoms with E-state index in [-0.39, 0.29) is 10.6 Å². The molecule has 20 heavy (non-hydrogen) atoms. The predicted molar refractivity (Wildman–Crippen MR) is 79.9 cm³/mol. The topological polar surface area (TPSA) is 89.3 Å². The number of halogens is 1. The average molecular weight is 355 g/mol. The van der Waals surface area contributed by atoms with E-state index in [0.29, 0.717) is 5.56 Å². The van der Waals surface area contributed by atoms with E-state index in [9.17, 15) is 13.2 Å². The third kappa shape index (κ3) is 3.44. The van der Waals surface area contributed by atoms with Gasteiger partial charge in [0, 0.05) is 10.0 Å². The molecule has 5 nitrogen and oxygen atoms in total. The van der Waals surface area contributed by atoms with Gasteiger partial charge in [0.25, 0.3) is 5.91 Å². The molecule has 0 aliphatic heterocycles.